The van der Waals surface area contributed by atoms with Crippen molar-refractivity contribution in [2.45, 2.75) is 11.8 Å². The van der Waals surface area contributed by atoms with E-state index < -0.39 is 10.0 Å². The second-order valence-electron chi connectivity index (χ2n) is 6.65. The summed E-state index contributed by atoms with van der Waals surface area (Å²) in [5, 5.41) is 2.84. The van der Waals surface area contributed by atoms with Crippen LogP contribution in [0.5, 0.6) is 0 Å². The van der Waals surface area contributed by atoms with Gasteiger partial charge in [-0.1, -0.05) is 22.0 Å². The Labute approximate surface area is 168 Å². The van der Waals surface area contributed by atoms with Crippen LogP contribution in [0.1, 0.15) is 15.9 Å². The Morgan fingerprint density at radius 2 is 1.78 bits per heavy atom. The van der Waals surface area contributed by atoms with E-state index in [0.29, 0.717) is 37.4 Å². The van der Waals surface area contributed by atoms with Crippen molar-refractivity contribution in [1.82, 2.24) is 9.21 Å². The molecule has 0 spiro atoms. The number of amides is 1. The SMILES string of the molecule is Cc1cc(Br)ccc1NC(=O)c1cccc(S(=O)(=O)N2CCN(C)CC2)c1. The molecule has 1 fully saturated rings. The smallest absolute Gasteiger partial charge is 0.255 e. The zero-order valence-electron chi connectivity index (χ0n) is 15.3. The van der Waals surface area contributed by atoms with Crippen LogP contribution in [0.25, 0.3) is 0 Å². The van der Waals surface area contributed by atoms with E-state index in [1.54, 1.807) is 12.1 Å². The number of halogens is 1. The van der Waals surface area contributed by atoms with Crippen LogP contribution >= 0.6 is 15.9 Å². The number of piperazine rings is 1. The first-order valence-corrected chi connectivity index (χ1v) is 10.9. The van der Waals surface area contributed by atoms with Crippen LogP contribution in [-0.4, -0.2) is 56.8 Å². The molecule has 1 aliphatic rings. The van der Waals surface area contributed by atoms with Gasteiger partial charge < -0.3 is 10.2 Å². The summed E-state index contributed by atoms with van der Waals surface area (Å²) in [7, 11) is -1.64. The molecule has 0 saturated carbocycles. The molecular weight excluding hydrogens is 430 g/mol. The molecule has 1 heterocycles. The summed E-state index contributed by atoms with van der Waals surface area (Å²) in [6.07, 6.45) is 0. The third-order valence-corrected chi connectivity index (χ3v) is 7.02. The Balaban J connectivity index is 1.81. The number of hydrogen-bond acceptors (Lipinski definition) is 4. The summed E-state index contributed by atoms with van der Waals surface area (Å²) in [6, 6.07) is 11.8. The number of anilines is 1. The summed E-state index contributed by atoms with van der Waals surface area (Å²) < 4.78 is 28.2. The first kappa shape index (κ1) is 20.0. The van der Waals surface area contributed by atoms with E-state index >= 15 is 0 Å². The summed E-state index contributed by atoms with van der Waals surface area (Å²) in [5.41, 5.74) is 1.92. The maximum Gasteiger partial charge on any atom is 0.255 e. The van der Waals surface area contributed by atoms with E-state index in [4.69, 9.17) is 0 Å². The highest BCUT2D eigenvalue weighted by atomic mass is 79.9. The van der Waals surface area contributed by atoms with Crippen LogP contribution in [0, 0.1) is 6.92 Å². The van der Waals surface area contributed by atoms with Gasteiger partial charge in [0.1, 0.15) is 0 Å². The second-order valence-corrected chi connectivity index (χ2v) is 9.50. The van der Waals surface area contributed by atoms with Crippen molar-refractivity contribution in [3.63, 3.8) is 0 Å². The van der Waals surface area contributed by atoms with Crippen molar-refractivity contribution in [3.8, 4) is 0 Å². The average molecular weight is 452 g/mol. The lowest BCUT2D eigenvalue weighted by Crippen LogP contribution is -2.47. The normalized spacial score (nSPS) is 16.3. The van der Waals surface area contributed by atoms with Gasteiger partial charge in [-0.2, -0.15) is 4.31 Å². The molecule has 1 aliphatic heterocycles. The number of carbonyl (C=O) groups excluding carboxylic acids is 1. The Kier molecular flexibility index (Phi) is 6.00. The topological polar surface area (TPSA) is 69.7 Å². The van der Waals surface area contributed by atoms with Gasteiger partial charge in [0.2, 0.25) is 10.0 Å². The highest BCUT2D eigenvalue weighted by Crippen LogP contribution is 2.22. The predicted octanol–water partition coefficient (Wildman–Crippen LogP) is 2.95. The van der Waals surface area contributed by atoms with Crippen LogP contribution in [0.15, 0.2) is 51.8 Å². The van der Waals surface area contributed by atoms with Gasteiger partial charge in [-0.05, 0) is 55.9 Å². The van der Waals surface area contributed by atoms with Crippen LogP contribution in [0.2, 0.25) is 0 Å². The summed E-state index contributed by atoms with van der Waals surface area (Å²) in [6.45, 7) is 4.19. The van der Waals surface area contributed by atoms with Gasteiger partial charge in [0, 0.05) is 41.9 Å². The molecule has 8 heteroatoms. The number of benzene rings is 2. The Morgan fingerprint density at radius 3 is 2.44 bits per heavy atom. The molecule has 0 atom stereocenters. The highest BCUT2D eigenvalue weighted by Gasteiger charge is 2.28. The number of nitrogens with one attached hydrogen (secondary N) is 1. The van der Waals surface area contributed by atoms with Crippen LogP contribution in [0.3, 0.4) is 0 Å². The van der Waals surface area contributed by atoms with Gasteiger partial charge in [-0.3, -0.25) is 4.79 Å². The zero-order chi connectivity index (χ0) is 19.6. The van der Waals surface area contributed by atoms with Gasteiger partial charge in [0.25, 0.3) is 5.91 Å². The maximum atomic E-state index is 12.9. The van der Waals surface area contributed by atoms with E-state index in [0.717, 1.165) is 10.0 Å². The zero-order valence-corrected chi connectivity index (χ0v) is 17.7. The van der Waals surface area contributed by atoms with E-state index in [1.807, 2.05) is 32.2 Å². The highest BCUT2D eigenvalue weighted by molar-refractivity contribution is 9.10. The number of rotatable bonds is 4. The third-order valence-electron chi connectivity index (χ3n) is 4.63. The quantitative estimate of drug-likeness (QED) is 0.775. The minimum absolute atomic E-state index is 0.146. The number of likely N-dealkylation sites (N-methyl/N-ethyl adjacent to an activating group) is 1. The Hall–Kier alpha value is -1.74. The number of aryl methyl sites for hydroxylation is 1. The minimum Gasteiger partial charge on any atom is -0.322 e. The van der Waals surface area contributed by atoms with Crippen LogP contribution in [0.4, 0.5) is 5.69 Å². The lowest BCUT2D eigenvalue weighted by molar-refractivity contribution is 0.102. The Morgan fingerprint density at radius 1 is 1.07 bits per heavy atom. The van der Waals surface area contributed by atoms with Gasteiger partial charge >= 0.3 is 0 Å². The van der Waals surface area contributed by atoms with Crippen molar-refractivity contribution >= 4 is 37.5 Å². The first-order valence-electron chi connectivity index (χ1n) is 8.63. The van der Waals surface area contributed by atoms with Crippen molar-refractivity contribution in [1.29, 1.82) is 0 Å². The third kappa shape index (κ3) is 4.57. The van der Waals surface area contributed by atoms with Crippen molar-refractivity contribution < 1.29 is 13.2 Å². The van der Waals surface area contributed by atoms with Gasteiger partial charge in [-0.25, -0.2) is 8.42 Å². The van der Waals surface area contributed by atoms with E-state index in [-0.39, 0.29) is 10.8 Å². The van der Waals surface area contributed by atoms with E-state index in [2.05, 4.69) is 26.1 Å². The summed E-state index contributed by atoms with van der Waals surface area (Å²) in [5.74, 6) is -0.337. The molecule has 144 valence electrons. The molecule has 2 aromatic rings. The predicted molar refractivity (Wildman–Crippen MR) is 110 cm³/mol. The van der Waals surface area contributed by atoms with Crippen molar-refractivity contribution in [3.05, 3.63) is 58.1 Å². The molecule has 2 aromatic carbocycles. The average Bonchev–Trinajstić information content (AvgIpc) is 2.64. The largest absolute Gasteiger partial charge is 0.322 e. The summed E-state index contributed by atoms with van der Waals surface area (Å²) in [4.78, 5) is 14.9. The molecule has 27 heavy (non-hydrogen) atoms. The number of sulfonamides is 1. The van der Waals surface area contributed by atoms with Gasteiger partial charge in [-0.15, -0.1) is 0 Å². The van der Waals surface area contributed by atoms with E-state index in [1.165, 1.54) is 16.4 Å². The Bertz CT molecular complexity index is 954. The monoisotopic (exact) mass is 451 g/mol. The maximum absolute atomic E-state index is 12.9. The van der Waals surface area contributed by atoms with Crippen molar-refractivity contribution in [2.75, 3.05) is 38.5 Å². The second kappa shape index (κ2) is 8.10. The lowest BCUT2D eigenvalue weighted by atomic mass is 10.1. The fourth-order valence-corrected chi connectivity index (χ4v) is 4.88. The molecule has 1 saturated heterocycles. The van der Waals surface area contributed by atoms with Gasteiger partial charge in [0.05, 0.1) is 4.90 Å². The molecule has 0 bridgehead atoms. The molecule has 3 rings (SSSR count). The standard InChI is InChI=1S/C19H22BrN3O3S/c1-14-12-16(20)6-7-18(14)21-19(24)15-4-3-5-17(13-15)27(25,26)23-10-8-22(2)9-11-23/h3-7,12-13H,8-11H2,1-2H3,(H,21,24). The number of carbonyl (C=O) groups is 1. The molecule has 0 aromatic heterocycles. The molecule has 1 amide bonds. The van der Waals surface area contributed by atoms with Crippen molar-refractivity contribution in [2.24, 2.45) is 0 Å². The van der Waals surface area contributed by atoms with E-state index in [9.17, 15) is 13.2 Å². The van der Waals surface area contributed by atoms with Crippen LogP contribution in [-0.2, 0) is 10.0 Å². The van der Waals surface area contributed by atoms with Gasteiger partial charge in [0.15, 0.2) is 0 Å². The fourth-order valence-electron chi connectivity index (χ4n) is 2.94. The van der Waals surface area contributed by atoms with Crippen LogP contribution < -0.4 is 5.32 Å². The molecule has 6 nitrogen and oxygen atoms in total. The minimum atomic E-state index is -3.61. The fraction of sp³-hybridized carbons (Fsp3) is 0.316. The summed E-state index contributed by atoms with van der Waals surface area (Å²) >= 11 is 3.39. The number of nitrogens with zero attached hydrogens (tertiary/aromatic N) is 2. The molecule has 0 unspecified atom stereocenters. The lowest BCUT2D eigenvalue weighted by Gasteiger charge is -2.31. The molecule has 1 N–H and O–H groups in total. The first-order chi connectivity index (χ1) is 12.8. The number of hydrogen-bond donors (Lipinski definition) is 1. The molecule has 0 radical (unpaired) electrons. The molecule has 0 aliphatic carbocycles. The molecular formula is C19H22BrN3O3S.